The van der Waals surface area contributed by atoms with Gasteiger partial charge in [-0.05, 0) is 39.0 Å². The molecule has 4 rings (SSSR count). The Kier molecular flexibility index (Phi) is 6.58. The molecule has 1 unspecified atom stereocenters. The summed E-state index contributed by atoms with van der Waals surface area (Å²) < 4.78 is 16.3. The fraction of sp³-hybridized carbons (Fsp3) is 0.478. The summed E-state index contributed by atoms with van der Waals surface area (Å²) in [7, 11) is 3.28. The number of hydrazine groups is 1. The van der Waals surface area contributed by atoms with Crippen LogP contribution in [0.4, 0.5) is 16.3 Å². The average Bonchev–Trinajstić information content (AvgIpc) is 3.06. The number of likely N-dealkylation sites (tertiary alicyclic amines) is 1. The van der Waals surface area contributed by atoms with Gasteiger partial charge in [-0.25, -0.2) is 15.2 Å². The smallest absolute Gasteiger partial charge is 0.410 e. The van der Waals surface area contributed by atoms with Gasteiger partial charge in [-0.15, -0.1) is 0 Å². The first-order chi connectivity index (χ1) is 15.7. The van der Waals surface area contributed by atoms with Gasteiger partial charge >= 0.3 is 6.09 Å². The summed E-state index contributed by atoms with van der Waals surface area (Å²) >= 11 is 3.73. The lowest BCUT2D eigenvalue weighted by Crippen LogP contribution is -2.63. The molecule has 0 spiro atoms. The predicted molar refractivity (Wildman–Crippen MR) is 130 cm³/mol. The van der Waals surface area contributed by atoms with Gasteiger partial charge in [0.25, 0.3) is 0 Å². The minimum atomic E-state index is -0.500. The second-order valence-electron chi connectivity index (χ2n) is 9.02. The zero-order valence-corrected chi connectivity index (χ0v) is 21.1. The first kappa shape index (κ1) is 23.4. The summed E-state index contributed by atoms with van der Waals surface area (Å²) in [5, 5.41) is 5.55. The van der Waals surface area contributed by atoms with Crippen molar-refractivity contribution in [3.8, 4) is 11.5 Å². The third-order valence-electron chi connectivity index (χ3n) is 5.55. The van der Waals surface area contributed by atoms with E-state index in [1.54, 1.807) is 25.3 Å². The van der Waals surface area contributed by atoms with E-state index in [1.807, 2.05) is 45.0 Å². The van der Waals surface area contributed by atoms with Crippen molar-refractivity contribution in [1.82, 2.24) is 15.3 Å². The molecule has 2 aliphatic heterocycles. The predicted octanol–water partition coefficient (Wildman–Crippen LogP) is 4.05. The van der Waals surface area contributed by atoms with Crippen molar-refractivity contribution in [3.05, 3.63) is 41.6 Å². The van der Waals surface area contributed by atoms with E-state index in [-0.39, 0.29) is 17.1 Å². The molecule has 1 saturated heterocycles. The largest absolute Gasteiger partial charge is 0.497 e. The van der Waals surface area contributed by atoms with Gasteiger partial charge in [0.05, 0.1) is 25.9 Å². The molecule has 1 aromatic carbocycles. The number of nitrogens with zero attached hydrogens (tertiary/aromatic N) is 3. The van der Waals surface area contributed by atoms with Gasteiger partial charge in [0.1, 0.15) is 27.9 Å². The Hall–Kier alpha value is -2.72. The maximum atomic E-state index is 12.3. The van der Waals surface area contributed by atoms with Gasteiger partial charge in [-0.3, -0.25) is 5.01 Å². The van der Waals surface area contributed by atoms with Gasteiger partial charge in [0, 0.05) is 43.0 Å². The Bertz CT molecular complexity index is 1020. The van der Waals surface area contributed by atoms with Crippen LogP contribution in [0.25, 0.3) is 0 Å². The number of nitrogens with one attached hydrogen (secondary N) is 2. The lowest BCUT2D eigenvalue weighted by atomic mass is 10.1. The number of aromatic nitrogens is 1. The number of carbonyl (C=O) groups excluding carboxylic acids is 1. The van der Waals surface area contributed by atoms with Gasteiger partial charge in [0.15, 0.2) is 0 Å². The fourth-order valence-electron chi connectivity index (χ4n) is 3.89. The van der Waals surface area contributed by atoms with Crippen LogP contribution in [0, 0.1) is 0 Å². The number of ether oxygens (including phenoxy) is 3. The van der Waals surface area contributed by atoms with Crippen LogP contribution in [0.5, 0.6) is 11.5 Å². The van der Waals surface area contributed by atoms with Crippen molar-refractivity contribution in [2.45, 2.75) is 43.9 Å². The number of hydrogen-bond acceptors (Lipinski definition) is 8. The average molecular weight is 520 g/mol. The number of anilines is 2. The number of benzene rings is 1. The molecule has 10 heteroatoms. The van der Waals surface area contributed by atoms with Gasteiger partial charge < -0.3 is 24.4 Å². The Labute approximate surface area is 202 Å². The number of hydrogen-bond donors (Lipinski definition) is 2. The first-order valence-corrected chi connectivity index (χ1v) is 11.7. The summed E-state index contributed by atoms with van der Waals surface area (Å²) in [5.41, 5.74) is 6.02. The van der Waals surface area contributed by atoms with Crippen LogP contribution >= 0.6 is 15.9 Å². The van der Waals surface area contributed by atoms with E-state index in [0.29, 0.717) is 19.6 Å². The van der Waals surface area contributed by atoms with Crippen LogP contribution in [-0.2, 0) is 11.3 Å². The molecule has 1 amide bonds. The highest BCUT2D eigenvalue weighted by atomic mass is 79.9. The lowest BCUT2D eigenvalue weighted by Gasteiger charge is -2.44. The van der Waals surface area contributed by atoms with E-state index >= 15 is 0 Å². The molecule has 1 fully saturated rings. The number of methoxy groups -OCH3 is 2. The molecule has 3 heterocycles. The van der Waals surface area contributed by atoms with E-state index < -0.39 is 5.60 Å². The van der Waals surface area contributed by atoms with Crippen LogP contribution in [0.3, 0.4) is 0 Å². The molecule has 0 radical (unpaired) electrons. The maximum Gasteiger partial charge on any atom is 0.410 e. The normalized spacial score (nSPS) is 17.9. The number of fused-ring (bicyclic) bond motifs is 1. The highest BCUT2D eigenvalue weighted by molar-refractivity contribution is 9.09. The number of alkyl halides is 1. The number of halogens is 1. The van der Waals surface area contributed by atoms with Gasteiger partial charge in [0.2, 0.25) is 0 Å². The Balaban J connectivity index is 1.45. The first-order valence-electron chi connectivity index (χ1n) is 10.8. The van der Waals surface area contributed by atoms with Crippen molar-refractivity contribution in [2.24, 2.45) is 0 Å². The van der Waals surface area contributed by atoms with Crippen LogP contribution in [0.15, 0.2) is 30.5 Å². The molecule has 33 heavy (non-hydrogen) atoms. The van der Waals surface area contributed by atoms with E-state index in [0.717, 1.165) is 34.1 Å². The molecule has 1 aromatic heterocycles. The van der Waals surface area contributed by atoms with E-state index in [9.17, 15) is 4.79 Å². The maximum absolute atomic E-state index is 12.3. The summed E-state index contributed by atoms with van der Waals surface area (Å²) in [6.45, 7) is 7.35. The molecule has 0 bridgehead atoms. The molecule has 178 valence electrons. The van der Waals surface area contributed by atoms with E-state index in [1.165, 1.54) is 0 Å². The topological polar surface area (TPSA) is 88.2 Å². The van der Waals surface area contributed by atoms with Crippen LogP contribution in [0.1, 0.15) is 36.8 Å². The lowest BCUT2D eigenvalue weighted by molar-refractivity contribution is 0.00747. The monoisotopic (exact) mass is 519 g/mol. The van der Waals surface area contributed by atoms with E-state index in [2.05, 4.69) is 36.7 Å². The number of amides is 1. The molecule has 1 atom stereocenters. The number of carbonyl (C=O) groups is 1. The SMILES string of the molecule is COc1ccc(CNc2nccc3c2C(Br)NN3C2CN(C(=O)OC(C)(C)C)C2)c(OC)c1. The third-order valence-corrected chi connectivity index (χ3v) is 6.21. The van der Waals surface area contributed by atoms with Crippen molar-refractivity contribution >= 4 is 33.5 Å². The zero-order chi connectivity index (χ0) is 23.8. The third kappa shape index (κ3) is 4.96. The zero-order valence-electron chi connectivity index (χ0n) is 19.5. The summed E-state index contributed by atoms with van der Waals surface area (Å²) in [6.07, 6.45) is 1.51. The summed E-state index contributed by atoms with van der Waals surface area (Å²) in [5.74, 6) is 2.28. The standard InChI is InChI=1S/C23H30BrN5O4/c1-23(2,3)33-22(30)28-12-15(13-28)29-17-8-9-25-21(19(17)20(24)27-29)26-11-14-6-7-16(31-4)10-18(14)32-5/h6-10,15,20,27H,11-13H2,1-5H3,(H,25,26). The second-order valence-corrected chi connectivity index (χ2v) is 9.94. The molecule has 0 saturated carbocycles. The van der Waals surface area contributed by atoms with Crippen molar-refractivity contribution in [2.75, 3.05) is 37.6 Å². The number of pyridine rings is 1. The second kappa shape index (κ2) is 9.26. The summed E-state index contributed by atoms with van der Waals surface area (Å²) in [6, 6.07) is 7.88. The van der Waals surface area contributed by atoms with Crippen LogP contribution in [0.2, 0.25) is 0 Å². The minimum Gasteiger partial charge on any atom is -0.497 e. The van der Waals surface area contributed by atoms with Crippen molar-refractivity contribution in [1.29, 1.82) is 0 Å². The Morgan fingerprint density at radius 3 is 2.67 bits per heavy atom. The molecular weight excluding hydrogens is 490 g/mol. The van der Waals surface area contributed by atoms with Gasteiger partial charge in [-0.1, -0.05) is 15.9 Å². The minimum absolute atomic E-state index is 0.1000. The number of rotatable bonds is 6. The highest BCUT2D eigenvalue weighted by Crippen LogP contribution is 2.42. The molecule has 0 aliphatic carbocycles. The van der Waals surface area contributed by atoms with E-state index in [4.69, 9.17) is 14.2 Å². The fourth-order valence-corrected chi connectivity index (χ4v) is 4.57. The molecule has 9 nitrogen and oxygen atoms in total. The highest BCUT2D eigenvalue weighted by Gasteiger charge is 2.42. The van der Waals surface area contributed by atoms with Crippen LogP contribution < -0.4 is 25.2 Å². The van der Waals surface area contributed by atoms with Crippen molar-refractivity contribution in [3.63, 3.8) is 0 Å². The van der Waals surface area contributed by atoms with Crippen LogP contribution in [-0.4, -0.2) is 54.9 Å². The van der Waals surface area contributed by atoms with Gasteiger partial charge in [-0.2, -0.15) is 0 Å². The molecule has 2 aromatic rings. The quantitative estimate of drug-likeness (QED) is 0.436. The Morgan fingerprint density at radius 1 is 1.24 bits per heavy atom. The molecule has 2 N–H and O–H groups in total. The Morgan fingerprint density at radius 2 is 2.00 bits per heavy atom. The summed E-state index contributed by atoms with van der Waals surface area (Å²) in [4.78, 5) is 18.5. The molecular formula is C23H30BrN5O4. The molecule has 2 aliphatic rings. The van der Waals surface area contributed by atoms with Crippen molar-refractivity contribution < 1.29 is 19.0 Å².